The molecule has 0 unspecified atom stereocenters. The van der Waals surface area contributed by atoms with Crippen molar-refractivity contribution in [2.24, 2.45) is 0 Å². The number of hydrogen-bond acceptors (Lipinski definition) is 5. The van der Waals surface area contributed by atoms with Crippen molar-refractivity contribution in [3.63, 3.8) is 0 Å². The minimum absolute atomic E-state index is 0.173. The molecule has 0 aliphatic carbocycles. The summed E-state index contributed by atoms with van der Waals surface area (Å²) in [6.45, 7) is 2.65. The molecule has 13 heavy (non-hydrogen) atoms. The third kappa shape index (κ3) is 3.25. The first-order valence-corrected chi connectivity index (χ1v) is 4.18. The number of nitrogens with zero attached hydrogens (tertiary/aromatic N) is 2. The van der Waals surface area contributed by atoms with Crippen LogP contribution in [0.5, 0.6) is 0 Å². The minimum Gasteiger partial charge on any atom is -0.396 e. The molecule has 0 atom stereocenters. The summed E-state index contributed by atoms with van der Waals surface area (Å²) in [5.74, 6) is 1.81. The van der Waals surface area contributed by atoms with Gasteiger partial charge in [0.15, 0.2) is 0 Å². The van der Waals surface area contributed by atoms with Crippen LogP contribution in [-0.2, 0) is 0 Å². The standard InChI is InChI=1S/C8H14N4O/c1-6-11-7(9)5-8(12-6)10-3-2-4-13/h5,13H,2-4H2,1H3,(H3,9,10,11,12). The second-order valence-corrected chi connectivity index (χ2v) is 2.73. The molecule has 0 spiro atoms. The van der Waals surface area contributed by atoms with Crippen molar-refractivity contribution in [3.8, 4) is 0 Å². The molecule has 0 saturated heterocycles. The number of hydrogen-bond donors (Lipinski definition) is 3. The van der Waals surface area contributed by atoms with Crippen LogP contribution in [0, 0.1) is 6.92 Å². The minimum atomic E-state index is 0.173. The van der Waals surface area contributed by atoms with Crippen molar-refractivity contribution in [3.05, 3.63) is 11.9 Å². The van der Waals surface area contributed by atoms with Gasteiger partial charge in [0.25, 0.3) is 0 Å². The summed E-state index contributed by atoms with van der Waals surface area (Å²) in [7, 11) is 0. The van der Waals surface area contributed by atoms with Gasteiger partial charge in [-0.2, -0.15) is 0 Å². The van der Waals surface area contributed by atoms with Gasteiger partial charge in [-0.05, 0) is 13.3 Å². The smallest absolute Gasteiger partial charge is 0.131 e. The van der Waals surface area contributed by atoms with Gasteiger partial charge in [-0.3, -0.25) is 0 Å². The van der Waals surface area contributed by atoms with E-state index in [1.165, 1.54) is 0 Å². The number of nitrogens with two attached hydrogens (primary N) is 1. The molecule has 0 saturated carbocycles. The van der Waals surface area contributed by atoms with Crippen molar-refractivity contribution in [2.45, 2.75) is 13.3 Å². The zero-order valence-corrected chi connectivity index (χ0v) is 7.62. The van der Waals surface area contributed by atoms with Gasteiger partial charge in [0.2, 0.25) is 0 Å². The van der Waals surface area contributed by atoms with E-state index in [2.05, 4.69) is 15.3 Å². The van der Waals surface area contributed by atoms with Crippen LogP contribution in [0.4, 0.5) is 11.6 Å². The topological polar surface area (TPSA) is 84.1 Å². The molecule has 1 rings (SSSR count). The molecule has 0 bridgehead atoms. The zero-order valence-electron chi connectivity index (χ0n) is 7.62. The number of rotatable bonds is 4. The molecule has 1 heterocycles. The maximum Gasteiger partial charge on any atom is 0.131 e. The average Bonchev–Trinajstić information content (AvgIpc) is 2.03. The van der Waals surface area contributed by atoms with Gasteiger partial charge < -0.3 is 16.2 Å². The fraction of sp³-hybridized carbons (Fsp3) is 0.500. The lowest BCUT2D eigenvalue weighted by atomic mass is 10.4. The lowest BCUT2D eigenvalue weighted by Gasteiger charge is -2.05. The summed E-state index contributed by atoms with van der Waals surface area (Å²) < 4.78 is 0. The van der Waals surface area contributed by atoms with Gasteiger partial charge in [0, 0.05) is 19.2 Å². The van der Waals surface area contributed by atoms with Crippen LogP contribution < -0.4 is 11.1 Å². The monoisotopic (exact) mass is 182 g/mol. The number of aliphatic hydroxyl groups excluding tert-OH is 1. The Hall–Kier alpha value is -1.36. The predicted molar refractivity (Wildman–Crippen MR) is 51.4 cm³/mol. The number of aliphatic hydroxyl groups is 1. The third-order valence-corrected chi connectivity index (χ3v) is 1.50. The van der Waals surface area contributed by atoms with Gasteiger partial charge in [-0.1, -0.05) is 0 Å². The number of nitrogen functional groups attached to an aromatic ring is 1. The Bertz CT molecular complexity index is 257. The van der Waals surface area contributed by atoms with Gasteiger partial charge in [0.1, 0.15) is 17.5 Å². The fourth-order valence-corrected chi connectivity index (χ4v) is 0.977. The summed E-state index contributed by atoms with van der Waals surface area (Å²) in [4.78, 5) is 8.06. The van der Waals surface area contributed by atoms with Gasteiger partial charge >= 0.3 is 0 Å². The van der Waals surface area contributed by atoms with Crippen LogP contribution in [0.15, 0.2) is 6.07 Å². The summed E-state index contributed by atoms with van der Waals surface area (Å²) in [5.41, 5.74) is 5.52. The first-order valence-electron chi connectivity index (χ1n) is 4.18. The maximum absolute atomic E-state index is 8.56. The number of aromatic nitrogens is 2. The third-order valence-electron chi connectivity index (χ3n) is 1.50. The van der Waals surface area contributed by atoms with Gasteiger partial charge in [-0.25, -0.2) is 9.97 Å². The van der Waals surface area contributed by atoms with Gasteiger partial charge in [0.05, 0.1) is 0 Å². The van der Waals surface area contributed by atoms with Crippen LogP contribution in [0.25, 0.3) is 0 Å². The number of aryl methyl sites for hydroxylation is 1. The SMILES string of the molecule is Cc1nc(N)cc(NCCCO)n1. The molecule has 72 valence electrons. The Morgan fingerprint density at radius 2 is 2.31 bits per heavy atom. The van der Waals surface area contributed by atoms with Crippen molar-refractivity contribution in [1.29, 1.82) is 0 Å². The Labute approximate surface area is 77.0 Å². The molecule has 0 aliphatic heterocycles. The van der Waals surface area contributed by atoms with Crippen molar-refractivity contribution >= 4 is 11.6 Å². The van der Waals surface area contributed by atoms with E-state index < -0.39 is 0 Å². The molecule has 5 heteroatoms. The maximum atomic E-state index is 8.56. The highest BCUT2D eigenvalue weighted by Gasteiger charge is 1.97. The quantitative estimate of drug-likeness (QED) is 0.578. The molecule has 0 aliphatic rings. The van der Waals surface area contributed by atoms with E-state index in [0.717, 1.165) is 0 Å². The van der Waals surface area contributed by atoms with Crippen LogP contribution in [0.3, 0.4) is 0 Å². The van der Waals surface area contributed by atoms with Crippen LogP contribution in [-0.4, -0.2) is 28.2 Å². The van der Waals surface area contributed by atoms with Crippen molar-refractivity contribution < 1.29 is 5.11 Å². The van der Waals surface area contributed by atoms with E-state index in [4.69, 9.17) is 10.8 Å². The lowest BCUT2D eigenvalue weighted by molar-refractivity contribution is 0.292. The molecular weight excluding hydrogens is 168 g/mol. The second kappa shape index (κ2) is 4.61. The fourth-order valence-electron chi connectivity index (χ4n) is 0.977. The van der Waals surface area contributed by atoms with E-state index in [-0.39, 0.29) is 6.61 Å². The van der Waals surface area contributed by atoms with Gasteiger partial charge in [-0.15, -0.1) is 0 Å². The second-order valence-electron chi connectivity index (χ2n) is 2.73. The molecule has 1 aromatic heterocycles. The summed E-state index contributed by atoms with van der Waals surface area (Å²) in [5, 5.41) is 11.6. The Morgan fingerprint density at radius 3 is 2.92 bits per heavy atom. The van der Waals surface area contributed by atoms with E-state index in [1.54, 1.807) is 13.0 Å². The summed E-state index contributed by atoms with van der Waals surface area (Å²) in [6, 6.07) is 1.67. The first-order chi connectivity index (χ1) is 6.22. The van der Waals surface area contributed by atoms with Crippen LogP contribution in [0.1, 0.15) is 12.2 Å². The molecule has 0 aromatic carbocycles. The van der Waals surface area contributed by atoms with E-state index in [0.29, 0.717) is 30.4 Å². The summed E-state index contributed by atoms with van der Waals surface area (Å²) in [6.07, 6.45) is 0.697. The van der Waals surface area contributed by atoms with Crippen LogP contribution >= 0.6 is 0 Å². The molecule has 5 nitrogen and oxygen atoms in total. The molecule has 0 fully saturated rings. The zero-order chi connectivity index (χ0) is 9.68. The Morgan fingerprint density at radius 1 is 1.54 bits per heavy atom. The van der Waals surface area contributed by atoms with Crippen molar-refractivity contribution in [2.75, 3.05) is 24.2 Å². The Kier molecular flexibility index (Phi) is 3.45. The molecule has 0 radical (unpaired) electrons. The highest BCUT2D eigenvalue weighted by atomic mass is 16.3. The van der Waals surface area contributed by atoms with Crippen LogP contribution in [0.2, 0.25) is 0 Å². The van der Waals surface area contributed by atoms with E-state index in [9.17, 15) is 0 Å². The largest absolute Gasteiger partial charge is 0.396 e. The Balaban J connectivity index is 2.56. The first kappa shape index (κ1) is 9.73. The normalized spacial score (nSPS) is 10.0. The van der Waals surface area contributed by atoms with E-state index >= 15 is 0 Å². The average molecular weight is 182 g/mol. The molecule has 0 amide bonds. The highest BCUT2D eigenvalue weighted by molar-refractivity contribution is 5.44. The number of nitrogens with one attached hydrogen (secondary N) is 1. The summed E-state index contributed by atoms with van der Waals surface area (Å²) >= 11 is 0. The predicted octanol–water partition coefficient (Wildman–Crippen LogP) is 0.162. The highest BCUT2D eigenvalue weighted by Crippen LogP contribution is 2.07. The lowest BCUT2D eigenvalue weighted by Crippen LogP contribution is -2.07. The van der Waals surface area contributed by atoms with Crippen molar-refractivity contribution in [1.82, 2.24) is 9.97 Å². The van der Waals surface area contributed by atoms with E-state index in [1.807, 2.05) is 0 Å². The number of anilines is 2. The molecular formula is C8H14N4O. The molecule has 1 aromatic rings. The molecule has 4 N–H and O–H groups in total.